The number of carbonyl (C=O) groups is 2. The predicted octanol–water partition coefficient (Wildman–Crippen LogP) is 2.48. The number of carboxylic acids is 2. The second kappa shape index (κ2) is 7.54. The molecule has 1 unspecified atom stereocenters. The van der Waals surface area contributed by atoms with Crippen molar-refractivity contribution in [3.63, 3.8) is 0 Å². The molecule has 94 valence electrons. The minimum atomic E-state index is -1.12. The van der Waals surface area contributed by atoms with Gasteiger partial charge in [0, 0.05) is 0 Å². The van der Waals surface area contributed by atoms with E-state index in [0.717, 1.165) is 25.0 Å². The molecule has 0 aliphatic rings. The fourth-order valence-electron chi connectivity index (χ4n) is 1.54. The van der Waals surface area contributed by atoms with E-state index < -0.39 is 17.4 Å². The molecule has 0 aliphatic carbocycles. The lowest BCUT2D eigenvalue weighted by atomic mass is 9.81. The average molecular weight is 248 g/mol. The molecule has 0 bridgehead atoms. The van der Waals surface area contributed by atoms with Crippen LogP contribution < -0.4 is 0 Å². The minimum Gasteiger partial charge on any atom is -0.481 e. The summed E-state index contributed by atoms with van der Waals surface area (Å²) < 4.78 is 0. The fraction of sp³-hybridized carbons (Fsp3) is 0.818. The van der Waals surface area contributed by atoms with Crippen LogP contribution in [0.1, 0.15) is 39.0 Å². The van der Waals surface area contributed by atoms with Gasteiger partial charge in [0.25, 0.3) is 0 Å². The molecule has 2 N–H and O–H groups in total. The summed E-state index contributed by atoms with van der Waals surface area (Å²) in [6.45, 7) is 1.51. The molecular formula is C11H20O4S. The van der Waals surface area contributed by atoms with Crippen LogP contribution in [0.2, 0.25) is 0 Å². The van der Waals surface area contributed by atoms with E-state index >= 15 is 0 Å². The molecule has 0 fully saturated rings. The molecule has 0 saturated carbocycles. The first-order chi connectivity index (χ1) is 7.42. The van der Waals surface area contributed by atoms with Crippen LogP contribution in [0.5, 0.6) is 0 Å². The summed E-state index contributed by atoms with van der Waals surface area (Å²) in [7, 11) is 0. The van der Waals surface area contributed by atoms with Crippen molar-refractivity contribution in [1.29, 1.82) is 0 Å². The van der Waals surface area contributed by atoms with Crippen LogP contribution in [-0.4, -0.2) is 34.2 Å². The molecule has 5 heteroatoms. The molecule has 0 radical (unpaired) electrons. The maximum atomic E-state index is 11.0. The largest absolute Gasteiger partial charge is 0.481 e. The fourth-order valence-corrected chi connectivity index (χ4v) is 2.04. The molecule has 0 aliphatic heterocycles. The molecular weight excluding hydrogens is 228 g/mol. The Hall–Kier alpha value is -0.710. The number of hydrogen-bond donors (Lipinski definition) is 2. The Morgan fingerprint density at radius 1 is 1.19 bits per heavy atom. The van der Waals surface area contributed by atoms with Gasteiger partial charge in [0.1, 0.15) is 0 Å². The van der Waals surface area contributed by atoms with Crippen LogP contribution >= 0.6 is 11.8 Å². The third kappa shape index (κ3) is 6.00. The minimum absolute atomic E-state index is 0.301. The first-order valence-corrected chi connectivity index (χ1v) is 6.76. The van der Waals surface area contributed by atoms with Gasteiger partial charge in [0.2, 0.25) is 0 Å². The van der Waals surface area contributed by atoms with Gasteiger partial charge in [-0.25, -0.2) is 0 Å². The Kier molecular flexibility index (Phi) is 7.21. The summed E-state index contributed by atoms with van der Waals surface area (Å²) in [4.78, 5) is 21.6. The van der Waals surface area contributed by atoms with Gasteiger partial charge in [-0.1, -0.05) is 12.8 Å². The molecule has 0 rings (SSSR count). The number of unbranched alkanes of at least 4 members (excludes halogenated alkanes) is 2. The Balaban J connectivity index is 4.03. The van der Waals surface area contributed by atoms with Crippen molar-refractivity contribution >= 4 is 23.7 Å². The Morgan fingerprint density at radius 2 is 1.81 bits per heavy atom. The van der Waals surface area contributed by atoms with E-state index in [-0.39, 0.29) is 6.42 Å². The summed E-state index contributed by atoms with van der Waals surface area (Å²) in [6.07, 6.45) is 4.96. The monoisotopic (exact) mass is 248 g/mol. The Bertz CT molecular complexity index is 242. The summed E-state index contributed by atoms with van der Waals surface area (Å²) >= 11 is 1.77. The van der Waals surface area contributed by atoms with Crippen LogP contribution in [0.3, 0.4) is 0 Å². The molecule has 1 atom stereocenters. The second-order valence-corrected chi connectivity index (χ2v) is 5.23. The molecule has 0 aromatic carbocycles. The normalized spacial score (nSPS) is 14.4. The zero-order chi connectivity index (χ0) is 12.6. The van der Waals surface area contributed by atoms with Crippen LogP contribution in [-0.2, 0) is 9.59 Å². The van der Waals surface area contributed by atoms with Crippen molar-refractivity contribution in [1.82, 2.24) is 0 Å². The molecule has 4 nitrogen and oxygen atoms in total. The highest BCUT2D eigenvalue weighted by Crippen LogP contribution is 2.29. The SMILES string of the molecule is CSCCCCCC(C)(CC(=O)O)C(=O)O. The lowest BCUT2D eigenvalue weighted by Gasteiger charge is -2.22. The van der Waals surface area contributed by atoms with E-state index in [4.69, 9.17) is 10.2 Å². The van der Waals surface area contributed by atoms with Gasteiger partial charge in [-0.2, -0.15) is 11.8 Å². The molecule has 0 aromatic heterocycles. The third-order valence-electron chi connectivity index (χ3n) is 2.63. The quantitative estimate of drug-likeness (QED) is 0.613. The van der Waals surface area contributed by atoms with E-state index in [9.17, 15) is 9.59 Å². The number of aliphatic carboxylic acids is 2. The highest BCUT2D eigenvalue weighted by Gasteiger charge is 2.34. The van der Waals surface area contributed by atoms with Crippen molar-refractivity contribution in [2.45, 2.75) is 39.0 Å². The second-order valence-electron chi connectivity index (χ2n) is 4.24. The summed E-state index contributed by atoms with van der Waals surface area (Å²) in [5, 5.41) is 17.7. The van der Waals surface area contributed by atoms with Crippen molar-refractivity contribution in [3.8, 4) is 0 Å². The van der Waals surface area contributed by atoms with Gasteiger partial charge >= 0.3 is 11.9 Å². The first-order valence-electron chi connectivity index (χ1n) is 5.36. The molecule has 0 saturated heterocycles. The lowest BCUT2D eigenvalue weighted by molar-refractivity contribution is -0.155. The van der Waals surface area contributed by atoms with Crippen LogP contribution in [0.4, 0.5) is 0 Å². The van der Waals surface area contributed by atoms with Gasteiger partial charge in [-0.05, 0) is 31.8 Å². The number of carboxylic acid groups (broad SMARTS) is 2. The number of hydrogen-bond acceptors (Lipinski definition) is 3. The topological polar surface area (TPSA) is 74.6 Å². The van der Waals surface area contributed by atoms with Gasteiger partial charge in [-0.3, -0.25) is 9.59 Å². The van der Waals surface area contributed by atoms with E-state index in [0.29, 0.717) is 6.42 Å². The van der Waals surface area contributed by atoms with Crippen molar-refractivity contribution < 1.29 is 19.8 Å². The summed E-state index contributed by atoms with van der Waals surface area (Å²) in [5.41, 5.74) is -1.12. The standard InChI is InChI=1S/C11H20O4S/c1-11(10(14)15,8-9(12)13)6-4-3-5-7-16-2/h3-8H2,1-2H3,(H,12,13)(H,14,15). The van der Waals surface area contributed by atoms with Gasteiger partial charge in [-0.15, -0.1) is 0 Å². The lowest BCUT2D eigenvalue weighted by Crippen LogP contribution is -2.30. The molecule has 16 heavy (non-hydrogen) atoms. The Morgan fingerprint density at radius 3 is 2.25 bits per heavy atom. The summed E-state index contributed by atoms with van der Waals surface area (Å²) in [5.74, 6) is -0.989. The maximum absolute atomic E-state index is 11.0. The highest BCUT2D eigenvalue weighted by atomic mass is 32.2. The van der Waals surface area contributed by atoms with Gasteiger partial charge < -0.3 is 10.2 Å². The van der Waals surface area contributed by atoms with Crippen LogP contribution in [0.25, 0.3) is 0 Å². The van der Waals surface area contributed by atoms with Crippen molar-refractivity contribution in [2.75, 3.05) is 12.0 Å². The van der Waals surface area contributed by atoms with E-state index in [1.807, 2.05) is 6.26 Å². The zero-order valence-corrected chi connectivity index (χ0v) is 10.7. The maximum Gasteiger partial charge on any atom is 0.309 e. The highest BCUT2D eigenvalue weighted by molar-refractivity contribution is 7.98. The van der Waals surface area contributed by atoms with Gasteiger partial charge in [0.05, 0.1) is 11.8 Å². The predicted molar refractivity (Wildman–Crippen MR) is 64.8 cm³/mol. The van der Waals surface area contributed by atoms with Crippen LogP contribution in [0.15, 0.2) is 0 Å². The van der Waals surface area contributed by atoms with Crippen molar-refractivity contribution in [3.05, 3.63) is 0 Å². The smallest absolute Gasteiger partial charge is 0.309 e. The molecule has 0 amide bonds. The zero-order valence-electron chi connectivity index (χ0n) is 9.86. The van der Waals surface area contributed by atoms with E-state index in [2.05, 4.69) is 0 Å². The average Bonchev–Trinajstić information content (AvgIpc) is 2.16. The number of thioether (sulfide) groups is 1. The Labute approximate surface area is 100 Å². The van der Waals surface area contributed by atoms with Crippen LogP contribution in [0, 0.1) is 5.41 Å². The van der Waals surface area contributed by atoms with E-state index in [1.165, 1.54) is 6.92 Å². The first kappa shape index (κ1) is 15.3. The summed E-state index contributed by atoms with van der Waals surface area (Å²) in [6, 6.07) is 0. The molecule has 0 heterocycles. The number of rotatable bonds is 9. The molecule has 0 spiro atoms. The third-order valence-corrected chi connectivity index (χ3v) is 3.33. The molecule has 0 aromatic rings. The van der Waals surface area contributed by atoms with E-state index in [1.54, 1.807) is 11.8 Å². The van der Waals surface area contributed by atoms with Gasteiger partial charge in [0.15, 0.2) is 0 Å². The van der Waals surface area contributed by atoms with Crippen molar-refractivity contribution in [2.24, 2.45) is 5.41 Å².